The number of nitrogens with zero attached hydrogens (tertiary/aromatic N) is 5. The topological polar surface area (TPSA) is 67.5 Å². The van der Waals surface area contributed by atoms with Crippen molar-refractivity contribution in [3.8, 4) is 0 Å². The first kappa shape index (κ1) is 15.3. The molecule has 0 aliphatic carbocycles. The van der Waals surface area contributed by atoms with Gasteiger partial charge in [-0.3, -0.25) is 9.98 Å². The Labute approximate surface area is 148 Å². The second-order valence-electron chi connectivity index (χ2n) is 5.81. The first-order chi connectivity index (χ1) is 11.8. The van der Waals surface area contributed by atoms with Crippen molar-refractivity contribution in [1.29, 1.82) is 0 Å². The summed E-state index contributed by atoms with van der Waals surface area (Å²) in [7, 11) is 0. The lowest BCUT2D eigenvalue weighted by Gasteiger charge is -2.17. The molecule has 4 heterocycles. The van der Waals surface area contributed by atoms with Gasteiger partial charge in [0.25, 0.3) is 0 Å². The number of hydrogen-bond donors (Lipinski definition) is 1. The highest BCUT2D eigenvalue weighted by Crippen LogP contribution is 2.27. The van der Waals surface area contributed by atoms with Gasteiger partial charge in [0.2, 0.25) is 0 Å². The lowest BCUT2D eigenvalue weighted by molar-refractivity contribution is 0.670. The zero-order chi connectivity index (χ0) is 16.4. The molecule has 1 aliphatic heterocycles. The van der Waals surface area contributed by atoms with Gasteiger partial charge in [-0.25, -0.2) is 4.98 Å². The fourth-order valence-corrected chi connectivity index (χ4v) is 3.22. The minimum atomic E-state index is 0.268. The molecule has 7 heteroatoms. The minimum Gasteiger partial charge on any atom is -0.366 e. The fraction of sp³-hybridized carbons (Fsp3) is 0.294. The van der Waals surface area contributed by atoms with E-state index in [2.05, 4.69) is 42.4 Å². The fourth-order valence-electron chi connectivity index (χ4n) is 2.87. The van der Waals surface area contributed by atoms with Crippen LogP contribution in [0, 0.1) is 0 Å². The summed E-state index contributed by atoms with van der Waals surface area (Å²) >= 11 is 3.54. The normalized spacial score (nSPS) is 17.3. The van der Waals surface area contributed by atoms with E-state index in [1.807, 2.05) is 29.1 Å². The van der Waals surface area contributed by atoms with Gasteiger partial charge in [0.1, 0.15) is 5.82 Å². The molecule has 6 nitrogen and oxygen atoms in total. The maximum atomic E-state index is 4.78. The van der Waals surface area contributed by atoms with Gasteiger partial charge in [-0.15, -0.1) is 0 Å². The van der Waals surface area contributed by atoms with Gasteiger partial charge in [0.15, 0.2) is 5.65 Å². The molecule has 122 valence electrons. The Bertz CT molecular complexity index is 873. The summed E-state index contributed by atoms with van der Waals surface area (Å²) in [6.45, 7) is 1.60. The summed E-state index contributed by atoms with van der Waals surface area (Å²) in [5.41, 5.74) is 2.97. The van der Waals surface area contributed by atoms with Crippen LogP contribution in [0.1, 0.15) is 30.0 Å². The second-order valence-corrected chi connectivity index (χ2v) is 6.67. The first-order valence-corrected chi connectivity index (χ1v) is 8.77. The zero-order valence-corrected chi connectivity index (χ0v) is 14.6. The monoisotopic (exact) mass is 384 g/mol. The molecule has 0 fully saturated rings. The van der Waals surface area contributed by atoms with Crippen molar-refractivity contribution >= 4 is 33.6 Å². The van der Waals surface area contributed by atoms with Crippen molar-refractivity contribution in [2.24, 2.45) is 4.99 Å². The van der Waals surface area contributed by atoms with Crippen LogP contribution in [0.5, 0.6) is 0 Å². The van der Waals surface area contributed by atoms with Crippen molar-refractivity contribution in [2.75, 3.05) is 11.9 Å². The molecule has 0 amide bonds. The predicted molar refractivity (Wildman–Crippen MR) is 97.6 cm³/mol. The van der Waals surface area contributed by atoms with Crippen molar-refractivity contribution < 1.29 is 0 Å². The van der Waals surface area contributed by atoms with Crippen LogP contribution in [0.15, 0.2) is 46.3 Å². The molecule has 1 N–H and O–H groups in total. The van der Waals surface area contributed by atoms with Crippen molar-refractivity contribution in [3.05, 3.63) is 52.5 Å². The highest BCUT2D eigenvalue weighted by molar-refractivity contribution is 9.10. The highest BCUT2D eigenvalue weighted by atomic mass is 79.9. The minimum absolute atomic E-state index is 0.268. The molecule has 1 aliphatic rings. The smallest absolute Gasteiger partial charge is 0.171 e. The molecule has 0 saturated heterocycles. The Balaban J connectivity index is 1.70. The molecule has 0 spiro atoms. The third kappa shape index (κ3) is 3.03. The maximum absolute atomic E-state index is 4.78. The highest BCUT2D eigenvalue weighted by Gasteiger charge is 2.17. The average Bonchev–Trinajstić information content (AvgIpc) is 3.02. The molecule has 1 unspecified atom stereocenters. The van der Waals surface area contributed by atoms with Crippen LogP contribution in [-0.4, -0.2) is 32.3 Å². The number of anilines is 1. The summed E-state index contributed by atoms with van der Waals surface area (Å²) in [6, 6.07) is 6.06. The summed E-state index contributed by atoms with van der Waals surface area (Å²) in [4.78, 5) is 13.4. The Morgan fingerprint density at radius 2 is 2.29 bits per heavy atom. The molecule has 0 aromatic carbocycles. The maximum Gasteiger partial charge on any atom is 0.171 e. The van der Waals surface area contributed by atoms with Gasteiger partial charge in [0, 0.05) is 43.7 Å². The standard InChI is InChI=1S/C17H17BrN6/c18-14-11-22-24-16(21-9-12-3-1-5-19-8-12)7-15(23-17(14)24)13-4-2-6-20-10-13/h1,3,5,7-8,10-11,13,21H,2,4,6,9H2. The molecular formula is C17H17BrN6. The number of rotatable bonds is 4. The van der Waals surface area contributed by atoms with E-state index in [0.717, 1.165) is 46.6 Å². The van der Waals surface area contributed by atoms with Gasteiger partial charge < -0.3 is 5.32 Å². The third-order valence-corrected chi connectivity index (χ3v) is 4.67. The molecule has 0 saturated carbocycles. The van der Waals surface area contributed by atoms with Crippen LogP contribution in [-0.2, 0) is 6.54 Å². The Kier molecular flexibility index (Phi) is 4.25. The molecular weight excluding hydrogens is 368 g/mol. The van der Waals surface area contributed by atoms with Crippen LogP contribution in [0.25, 0.3) is 5.65 Å². The number of halogens is 1. The van der Waals surface area contributed by atoms with E-state index in [-0.39, 0.29) is 5.92 Å². The predicted octanol–water partition coefficient (Wildman–Crippen LogP) is 3.45. The Hall–Kier alpha value is -2.28. The zero-order valence-electron chi connectivity index (χ0n) is 13.1. The number of pyridine rings is 1. The van der Waals surface area contributed by atoms with Gasteiger partial charge in [-0.05, 0) is 40.4 Å². The van der Waals surface area contributed by atoms with Gasteiger partial charge >= 0.3 is 0 Å². The van der Waals surface area contributed by atoms with Crippen molar-refractivity contribution in [2.45, 2.75) is 25.3 Å². The van der Waals surface area contributed by atoms with E-state index in [1.54, 1.807) is 12.4 Å². The van der Waals surface area contributed by atoms with Gasteiger partial charge in [-0.1, -0.05) is 6.07 Å². The van der Waals surface area contributed by atoms with Gasteiger partial charge in [-0.2, -0.15) is 9.61 Å². The van der Waals surface area contributed by atoms with E-state index >= 15 is 0 Å². The molecule has 3 aromatic rings. The molecule has 1 atom stereocenters. The molecule has 24 heavy (non-hydrogen) atoms. The number of hydrogen-bond acceptors (Lipinski definition) is 5. The van der Waals surface area contributed by atoms with E-state index in [4.69, 9.17) is 4.98 Å². The van der Waals surface area contributed by atoms with Crippen LogP contribution in [0.3, 0.4) is 0 Å². The number of aliphatic imine (C=N–C) groups is 1. The Morgan fingerprint density at radius 1 is 1.33 bits per heavy atom. The SMILES string of the molecule is Brc1cnn2c(NCc3cccnc3)cc(C3C=NCCC3)nc12. The van der Waals surface area contributed by atoms with E-state index < -0.39 is 0 Å². The summed E-state index contributed by atoms with van der Waals surface area (Å²) in [5.74, 6) is 1.19. The largest absolute Gasteiger partial charge is 0.366 e. The van der Waals surface area contributed by atoms with Crippen LogP contribution < -0.4 is 5.32 Å². The molecule has 0 bridgehead atoms. The van der Waals surface area contributed by atoms with E-state index in [1.165, 1.54) is 0 Å². The number of aromatic nitrogens is 4. The third-order valence-electron chi connectivity index (χ3n) is 4.11. The lowest BCUT2D eigenvalue weighted by Crippen LogP contribution is -2.12. The average molecular weight is 385 g/mol. The van der Waals surface area contributed by atoms with Gasteiger partial charge in [0.05, 0.1) is 16.4 Å². The van der Waals surface area contributed by atoms with E-state index in [9.17, 15) is 0 Å². The van der Waals surface area contributed by atoms with Crippen LogP contribution in [0.4, 0.5) is 5.82 Å². The number of nitrogens with one attached hydrogen (secondary N) is 1. The second kappa shape index (κ2) is 6.68. The first-order valence-electron chi connectivity index (χ1n) is 7.98. The summed E-state index contributed by atoms with van der Waals surface area (Å²) in [6.07, 6.45) is 9.62. The van der Waals surface area contributed by atoms with E-state index in [0.29, 0.717) is 6.54 Å². The summed E-state index contributed by atoms with van der Waals surface area (Å²) < 4.78 is 2.71. The van der Waals surface area contributed by atoms with Crippen molar-refractivity contribution in [1.82, 2.24) is 19.6 Å². The van der Waals surface area contributed by atoms with Crippen molar-refractivity contribution in [3.63, 3.8) is 0 Å². The summed E-state index contributed by atoms with van der Waals surface area (Å²) in [5, 5.41) is 7.86. The van der Waals surface area contributed by atoms with Crippen LogP contribution in [0.2, 0.25) is 0 Å². The molecule has 4 rings (SSSR count). The quantitative estimate of drug-likeness (QED) is 0.747. The Morgan fingerprint density at radius 3 is 3.08 bits per heavy atom. The number of fused-ring (bicyclic) bond motifs is 1. The molecule has 3 aromatic heterocycles. The molecule has 0 radical (unpaired) electrons. The lowest BCUT2D eigenvalue weighted by atomic mass is 9.98. The van der Waals surface area contributed by atoms with Crippen LogP contribution >= 0.6 is 15.9 Å².